The van der Waals surface area contributed by atoms with Crippen LogP contribution >= 0.6 is 46.4 Å². The predicted octanol–water partition coefficient (Wildman–Crippen LogP) is 5.89. The van der Waals surface area contributed by atoms with Crippen LogP contribution in [-0.4, -0.2) is 34.6 Å². The van der Waals surface area contributed by atoms with E-state index in [9.17, 15) is 14.4 Å². The summed E-state index contributed by atoms with van der Waals surface area (Å²) in [4.78, 5) is 42.0. The van der Waals surface area contributed by atoms with Crippen LogP contribution in [0.5, 0.6) is 0 Å². The molecular formula is C23H15Cl4N5O4. The average Bonchev–Trinajstić information content (AvgIpc) is 3.18. The first-order valence-corrected chi connectivity index (χ1v) is 11.6. The highest BCUT2D eigenvalue weighted by Gasteiger charge is 2.25. The number of nitrogens with one attached hydrogen (secondary N) is 3. The minimum absolute atomic E-state index is 0.00673. The van der Waals surface area contributed by atoms with Crippen molar-refractivity contribution < 1.29 is 19.1 Å². The normalized spacial score (nSPS) is 10.7. The first-order valence-electron chi connectivity index (χ1n) is 10.1. The Bertz CT molecular complexity index is 1520. The lowest BCUT2D eigenvalue weighted by Crippen LogP contribution is -2.41. The molecule has 0 unspecified atom stereocenters. The molecule has 0 saturated carbocycles. The number of halogens is 4. The number of benzene rings is 2. The Hall–Kier alpha value is -3.50. The summed E-state index contributed by atoms with van der Waals surface area (Å²) in [5, 5.41) is 4.25. The molecule has 0 spiro atoms. The third kappa shape index (κ3) is 4.91. The maximum atomic E-state index is 13.5. The summed E-state index contributed by atoms with van der Waals surface area (Å²) in [7, 11) is 1.14. The molecule has 0 aliphatic carbocycles. The zero-order valence-electron chi connectivity index (χ0n) is 18.2. The molecule has 0 aliphatic rings. The molecule has 0 radical (unpaired) electrons. The maximum Gasteiger partial charge on any atom is 0.425 e. The monoisotopic (exact) mass is 565 g/mol. The number of aromatic nitrogens is 2. The summed E-state index contributed by atoms with van der Waals surface area (Å²) in [5.41, 5.74) is 4.21. The van der Waals surface area contributed by atoms with Gasteiger partial charge < -0.3 is 10.1 Å². The van der Waals surface area contributed by atoms with Gasteiger partial charge in [-0.25, -0.2) is 15.2 Å². The van der Waals surface area contributed by atoms with Crippen molar-refractivity contribution in [2.75, 3.05) is 12.4 Å². The molecule has 184 valence electrons. The van der Waals surface area contributed by atoms with Crippen molar-refractivity contribution in [3.8, 4) is 5.82 Å². The molecule has 4 aromatic rings. The van der Waals surface area contributed by atoms with Gasteiger partial charge in [-0.3, -0.25) is 19.6 Å². The molecule has 0 aliphatic heterocycles. The minimum atomic E-state index is -0.893. The smallest absolute Gasteiger partial charge is 0.425 e. The molecule has 13 heteroatoms. The first kappa shape index (κ1) is 25.6. The number of carbonyl (C=O) groups excluding carboxylic acids is 3. The number of nitrogens with zero attached hydrogens (tertiary/aromatic N) is 2. The Morgan fingerprint density at radius 1 is 0.917 bits per heavy atom. The van der Waals surface area contributed by atoms with Crippen LogP contribution in [0.4, 0.5) is 10.5 Å². The summed E-state index contributed by atoms with van der Waals surface area (Å²) in [5.74, 6) is -1.30. The van der Waals surface area contributed by atoms with E-state index in [4.69, 9.17) is 46.4 Å². The van der Waals surface area contributed by atoms with E-state index in [1.54, 1.807) is 36.4 Å². The molecule has 0 saturated heterocycles. The number of hydrogen-bond acceptors (Lipinski definition) is 5. The van der Waals surface area contributed by atoms with Crippen molar-refractivity contribution in [3.63, 3.8) is 0 Å². The fourth-order valence-corrected chi connectivity index (χ4v) is 4.32. The molecular weight excluding hydrogens is 552 g/mol. The molecule has 0 atom stereocenters. The Balaban J connectivity index is 1.80. The number of hydrogen-bond donors (Lipinski definition) is 3. The lowest BCUT2D eigenvalue weighted by Gasteiger charge is -2.16. The van der Waals surface area contributed by atoms with Gasteiger partial charge in [-0.05, 0) is 29.7 Å². The van der Waals surface area contributed by atoms with Crippen LogP contribution in [0.3, 0.4) is 0 Å². The van der Waals surface area contributed by atoms with Gasteiger partial charge in [-0.1, -0.05) is 70.7 Å². The Labute approximate surface area is 224 Å². The van der Waals surface area contributed by atoms with E-state index < -0.39 is 17.9 Å². The van der Waals surface area contributed by atoms with Crippen molar-refractivity contribution in [3.05, 3.63) is 86.2 Å². The fraction of sp³-hybridized carbons (Fsp3) is 0.0435. The van der Waals surface area contributed by atoms with E-state index >= 15 is 0 Å². The third-order valence-electron chi connectivity index (χ3n) is 5.01. The molecule has 0 bridgehead atoms. The van der Waals surface area contributed by atoms with E-state index in [1.807, 2.05) is 0 Å². The topological polar surface area (TPSA) is 114 Å². The van der Waals surface area contributed by atoms with Crippen molar-refractivity contribution in [1.82, 2.24) is 20.4 Å². The van der Waals surface area contributed by atoms with Gasteiger partial charge in [0.2, 0.25) is 0 Å². The quantitative estimate of drug-likeness (QED) is 0.266. The Morgan fingerprint density at radius 2 is 1.67 bits per heavy atom. The van der Waals surface area contributed by atoms with Crippen LogP contribution in [0.1, 0.15) is 20.8 Å². The van der Waals surface area contributed by atoms with E-state index in [1.165, 1.54) is 22.9 Å². The van der Waals surface area contributed by atoms with Gasteiger partial charge in [0, 0.05) is 11.6 Å². The number of rotatable bonds is 4. The minimum Gasteiger partial charge on any atom is -0.452 e. The summed E-state index contributed by atoms with van der Waals surface area (Å²) < 4.78 is 5.73. The highest BCUT2D eigenvalue weighted by atomic mass is 35.5. The third-order valence-corrected chi connectivity index (χ3v) is 6.46. The van der Waals surface area contributed by atoms with E-state index in [2.05, 4.69) is 25.9 Å². The number of methoxy groups -OCH3 is 1. The average molecular weight is 567 g/mol. The molecule has 3 amide bonds. The number of anilines is 1. The van der Waals surface area contributed by atoms with Crippen LogP contribution in [0.15, 0.2) is 54.7 Å². The van der Waals surface area contributed by atoms with Gasteiger partial charge in [-0.15, -0.1) is 0 Å². The second kappa shape index (κ2) is 10.6. The number of fused-ring (bicyclic) bond motifs is 1. The molecule has 4 rings (SSSR count). The summed E-state index contributed by atoms with van der Waals surface area (Å²) in [6.45, 7) is 0. The van der Waals surface area contributed by atoms with Gasteiger partial charge in [0.05, 0.1) is 33.4 Å². The van der Waals surface area contributed by atoms with Crippen molar-refractivity contribution in [2.24, 2.45) is 0 Å². The zero-order chi connectivity index (χ0) is 26.0. The number of ether oxygens (including phenoxy) is 1. The summed E-state index contributed by atoms with van der Waals surface area (Å²) in [6, 6.07) is 13.0. The Morgan fingerprint density at radius 3 is 2.39 bits per heavy atom. The molecule has 3 N–H and O–H groups in total. The van der Waals surface area contributed by atoms with Gasteiger partial charge in [-0.2, -0.15) is 0 Å². The molecule has 2 aromatic heterocycles. The van der Waals surface area contributed by atoms with Crippen LogP contribution in [0, 0.1) is 0 Å². The van der Waals surface area contributed by atoms with E-state index in [0.717, 1.165) is 7.11 Å². The summed E-state index contributed by atoms with van der Waals surface area (Å²) in [6.07, 6.45) is 0.583. The van der Waals surface area contributed by atoms with Gasteiger partial charge in [0.15, 0.2) is 5.82 Å². The lowest BCUT2D eigenvalue weighted by molar-refractivity contribution is 0.0921. The van der Waals surface area contributed by atoms with Gasteiger partial charge in [0.25, 0.3) is 11.8 Å². The molecule has 36 heavy (non-hydrogen) atoms. The van der Waals surface area contributed by atoms with Gasteiger partial charge in [0.1, 0.15) is 10.8 Å². The van der Waals surface area contributed by atoms with Gasteiger partial charge >= 0.3 is 6.09 Å². The van der Waals surface area contributed by atoms with Crippen LogP contribution in [-0.2, 0) is 4.74 Å². The highest BCUT2D eigenvalue weighted by Crippen LogP contribution is 2.36. The predicted molar refractivity (Wildman–Crippen MR) is 139 cm³/mol. The standard InChI is InChI=1S/C23H15Cl4N5O4/c1-36-23(35)31-30-21(33)13-9-11-5-2-3-6-12(11)17(26)18(13)29-22(34)16-10-15(25)19(27)32(16)20-14(24)7-4-8-28-20/h2-10H,1H3,(H,29,34)(H,30,33)(H,31,35). The highest BCUT2D eigenvalue weighted by molar-refractivity contribution is 6.43. The second-order valence-electron chi connectivity index (χ2n) is 7.17. The summed E-state index contributed by atoms with van der Waals surface area (Å²) >= 11 is 25.5. The fourth-order valence-electron chi connectivity index (χ4n) is 3.38. The van der Waals surface area contributed by atoms with Crippen molar-refractivity contribution in [2.45, 2.75) is 0 Å². The van der Waals surface area contributed by atoms with E-state index in [-0.39, 0.29) is 43.0 Å². The SMILES string of the molecule is COC(=O)NNC(=O)c1cc2ccccc2c(Cl)c1NC(=O)c1cc(Cl)c(Cl)n1-c1ncccc1Cl. The maximum absolute atomic E-state index is 13.5. The molecule has 0 fully saturated rings. The van der Waals surface area contributed by atoms with Crippen molar-refractivity contribution in [1.29, 1.82) is 0 Å². The van der Waals surface area contributed by atoms with Crippen molar-refractivity contribution >= 4 is 80.8 Å². The molecule has 2 aromatic carbocycles. The molecule has 9 nitrogen and oxygen atoms in total. The number of amides is 3. The second-order valence-corrected chi connectivity index (χ2v) is 8.72. The number of carbonyl (C=O) groups is 3. The van der Waals surface area contributed by atoms with Crippen LogP contribution in [0.25, 0.3) is 16.6 Å². The van der Waals surface area contributed by atoms with Crippen LogP contribution < -0.4 is 16.2 Å². The zero-order valence-corrected chi connectivity index (χ0v) is 21.3. The first-order chi connectivity index (χ1) is 17.2. The number of hydrazine groups is 1. The molecule has 2 heterocycles. The van der Waals surface area contributed by atoms with Crippen LogP contribution in [0.2, 0.25) is 20.2 Å². The van der Waals surface area contributed by atoms with E-state index in [0.29, 0.717) is 10.8 Å². The lowest BCUT2D eigenvalue weighted by atomic mass is 10.0. The Kier molecular flexibility index (Phi) is 7.56. The largest absolute Gasteiger partial charge is 0.452 e. The number of pyridine rings is 1.